The van der Waals surface area contributed by atoms with E-state index in [1.807, 2.05) is 11.9 Å². The van der Waals surface area contributed by atoms with Crippen molar-refractivity contribution in [3.8, 4) is 0 Å². The minimum atomic E-state index is -1.55. The zero-order valence-electron chi connectivity index (χ0n) is 17.6. The van der Waals surface area contributed by atoms with Crippen LogP contribution in [-0.2, 0) is 0 Å². The molecule has 164 valence electrons. The molecular formula is C21H45NO5. The maximum atomic E-state index is 9.95. The topological polar surface area (TPSA) is 104 Å². The van der Waals surface area contributed by atoms with Crippen LogP contribution in [0.3, 0.4) is 0 Å². The van der Waals surface area contributed by atoms with E-state index >= 15 is 0 Å². The summed E-state index contributed by atoms with van der Waals surface area (Å²) in [6, 6.07) is 0. The summed E-state index contributed by atoms with van der Waals surface area (Å²) in [5, 5.41) is 47.5. The standard InChI is InChI=1S/C21H45NO5/c1-3-4-5-6-7-8-9-10-11-12-13-14-15-22(2)16-18(24)20(26)21(27)19(25)17-23/h18-21,23-27H,3-17H2,1-2H3/t18-,19+,20+,21+/m0/s1. The minimum absolute atomic E-state index is 0.217. The molecule has 0 aliphatic rings. The van der Waals surface area contributed by atoms with Gasteiger partial charge in [0.25, 0.3) is 0 Å². The van der Waals surface area contributed by atoms with Crippen LogP contribution in [0.25, 0.3) is 0 Å². The number of likely N-dealkylation sites (N-methyl/N-ethyl adjacent to an activating group) is 1. The van der Waals surface area contributed by atoms with Crippen LogP contribution in [0, 0.1) is 0 Å². The molecule has 0 aliphatic carbocycles. The van der Waals surface area contributed by atoms with Crippen LogP contribution in [0.4, 0.5) is 0 Å². The Hall–Kier alpha value is -0.240. The van der Waals surface area contributed by atoms with Crippen molar-refractivity contribution in [3.05, 3.63) is 0 Å². The van der Waals surface area contributed by atoms with E-state index in [4.69, 9.17) is 5.11 Å². The van der Waals surface area contributed by atoms with E-state index in [1.54, 1.807) is 0 Å². The number of aliphatic hydroxyl groups excluding tert-OH is 5. The van der Waals surface area contributed by atoms with Crippen molar-refractivity contribution in [2.75, 3.05) is 26.7 Å². The molecule has 0 bridgehead atoms. The monoisotopic (exact) mass is 391 g/mol. The van der Waals surface area contributed by atoms with Crippen LogP contribution in [0.2, 0.25) is 0 Å². The molecule has 5 N–H and O–H groups in total. The second-order valence-corrected chi connectivity index (χ2v) is 7.95. The van der Waals surface area contributed by atoms with E-state index in [0.717, 1.165) is 19.4 Å². The molecule has 6 nitrogen and oxygen atoms in total. The zero-order valence-corrected chi connectivity index (χ0v) is 17.6. The maximum absolute atomic E-state index is 9.95. The Morgan fingerprint density at radius 1 is 0.630 bits per heavy atom. The molecule has 0 saturated heterocycles. The Bertz CT molecular complexity index is 319. The molecule has 0 unspecified atom stereocenters. The SMILES string of the molecule is CCCCCCCCCCCCCCN(C)C[C@H](O)[C@@H](O)[C@H](O)[C@H](O)CO. The molecule has 0 fully saturated rings. The van der Waals surface area contributed by atoms with E-state index in [1.165, 1.54) is 64.2 Å². The van der Waals surface area contributed by atoms with Gasteiger partial charge in [-0.05, 0) is 20.0 Å². The van der Waals surface area contributed by atoms with E-state index < -0.39 is 31.0 Å². The van der Waals surface area contributed by atoms with Gasteiger partial charge in [-0.25, -0.2) is 0 Å². The van der Waals surface area contributed by atoms with Crippen LogP contribution in [0.5, 0.6) is 0 Å². The smallest absolute Gasteiger partial charge is 0.111 e. The fourth-order valence-electron chi connectivity index (χ4n) is 3.30. The van der Waals surface area contributed by atoms with Gasteiger partial charge >= 0.3 is 0 Å². The first-order valence-electron chi connectivity index (χ1n) is 11.0. The molecule has 4 atom stereocenters. The number of nitrogens with zero attached hydrogens (tertiary/aromatic N) is 1. The minimum Gasteiger partial charge on any atom is -0.394 e. The molecule has 0 aliphatic heterocycles. The highest BCUT2D eigenvalue weighted by molar-refractivity contribution is 4.82. The molecule has 0 rings (SSSR count). The molecule has 0 spiro atoms. The number of unbranched alkanes of at least 4 members (excludes halogenated alkanes) is 11. The molecule has 0 aromatic carbocycles. The number of hydrogen-bond acceptors (Lipinski definition) is 6. The van der Waals surface area contributed by atoms with Gasteiger partial charge in [-0.2, -0.15) is 0 Å². The van der Waals surface area contributed by atoms with Gasteiger partial charge in [0.05, 0.1) is 12.7 Å². The summed E-state index contributed by atoms with van der Waals surface area (Å²) in [7, 11) is 1.86. The van der Waals surface area contributed by atoms with Crippen LogP contribution >= 0.6 is 0 Å². The summed E-state index contributed by atoms with van der Waals surface area (Å²) >= 11 is 0. The fourth-order valence-corrected chi connectivity index (χ4v) is 3.30. The summed E-state index contributed by atoms with van der Waals surface area (Å²) in [6.45, 7) is 2.63. The third-order valence-electron chi connectivity index (χ3n) is 5.22. The van der Waals surface area contributed by atoms with Crippen molar-refractivity contribution in [1.29, 1.82) is 0 Å². The Morgan fingerprint density at radius 2 is 1.04 bits per heavy atom. The molecule has 0 radical (unpaired) electrons. The first kappa shape index (κ1) is 26.8. The molecule has 0 amide bonds. The van der Waals surface area contributed by atoms with Crippen LogP contribution in [0.15, 0.2) is 0 Å². The van der Waals surface area contributed by atoms with Gasteiger partial charge in [0.15, 0.2) is 0 Å². The first-order chi connectivity index (χ1) is 12.9. The Labute approximate surface area is 166 Å². The third kappa shape index (κ3) is 14.4. The van der Waals surface area contributed by atoms with Gasteiger partial charge in [-0.1, -0.05) is 77.6 Å². The lowest BCUT2D eigenvalue weighted by molar-refractivity contribution is -0.118. The average molecular weight is 392 g/mol. The number of rotatable bonds is 19. The summed E-state index contributed by atoms with van der Waals surface area (Å²) in [4.78, 5) is 1.92. The van der Waals surface area contributed by atoms with Crippen LogP contribution < -0.4 is 0 Å². The van der Waals surface area contributed by atoms with Crippen LogP contribution in [0.1, 0.15) is 84.0 Å². The van der Waals surface area contributed by atoms with E-state index in [0.29, 0.717) is 0 Å². The predicted molar refractivity (Wildman–Crippen MR) is 110 cm³/mol. The van der Waals surface area contributed by atoms with Crippen LogP contribution in [-0.4, -0.2) is 81.6 Å². The Morgan fingerprint density at radius 3 is 1.48 bits per heavy atom. The molecule has 0 heterocycles. The summed E-state index contributed by atoms with van der Waals surface area (Å²) in [5.41, 5.74) is 0. The fraction of sp³-hybridized carbons (Fsp3) is 1.00. The lowest BCUT2D eigenvalue weighted by Gasteiger charge is -2.28. The van der Waals surface area contributed by atoms with Crippen molar-refractivity contribution < 1.29 is 25.5 Å². The lowest BCUT2D eigenvalue weighted by atomic mass is 10.0. The Balaban J connectivity index is 3.56. The van der Waals surface area contributed by atoms with Gasteiger partial charge in [0, 0.05) is 6.54 Å². The van der Waals surface area contributed by atoms with Gasteiger partial charge in [-0.15, -0.1) is 0 Å². The summed E-state index contributed by atoms with van der Waals surface area (Å²) in [5.74, 6) is 0. The maximum Gasteiger partial charge on any atom is 0.111 e. The quantitative estimate of drug-likeness (QED) is 0.216. The van der Waals surface area contributed by atoms with Crippen molar-refractivity contribution in [2.24, 2.45) is 0 Å². The van der Waals surface area contributed by atoms with Crippen molar-refractivity contribution in [2.45, 2.75) is 108 Å². The first-order valence-corrected chi connectivity index (χ1v) is 11.0. The van der Waals surface area contributed by atoms with Crippen molar-refractivity contribution in [3.63, 3.8) is 0 Å². The average Bonchev–Trinajstić information content (AvgIpc) is 2.66. The predicted octanol–water partition coefficient (Wildman–Crippen LogP) is 2.06. The molecule has 0 aromatic rings. The molecular weight excluding hydrogens is 346 g/mol. The zero-order chi connectivity index (χ0) is 20.5. The van der Waals surface area contributed by atoms with Gasteiger partial charge in [0.1, 0.15) is 18.3 Å². The van der Waals surface area contributed by atoms with E-state index in [9.17, 15) is 20.4 Å². The largest absolute Gasteiger partial charge is 0.394 e. The molecule has 6 heteroatoms. The van der Waals surface area contributed by atoms with Crippen molar-refractivity contribution >= 4 is 0 Å². The highest BCUT2D eigenvalue weighted by Gasteiger charge is 2.30. The summed E-state index contributed by atoms with van der Waals surface area (Å²) in [6.07, 6.45) is 9.93. The lowest BCUT2D eigenvalue weighted by Crippen LogP contribution is -2.49. The normalized spacial score (nSPS) is 16.4. The van der Waals surface area contributed by atoms with Gasteiger partial charge < -0.3 is 30.4 Å². The van der Waals surface area contributed by atoms with Gasteiger partial charge in [-0.3, -0.25) is 0 Å². The number of aliphatic hydroxyl groups is 5. The molecule has 0 aromatic heterocycles. The second-order valence-electron chi connectivity index (χ2n) is 7.95. The third-order valence-corrected chi connectivity index (χ3v) is 5.22. The molecule has 27 heavy (non-hydrogen) atoms. The van der Waals surface area contributed by atoms with E-state index in [2.05, 4.69) is 6.92 Å². The summed E-state index contributed by atoms with van der Waals surface area (Å²) < 4.78 is 0. The molecule has 0 saturated carbocycles. The van der Waals surface area contributed by atoms with Gasteiger partial charge in [0.2, 0.25) is 0 Å². The second kappa shape index (κ2) is 17.8. The highest BCUT2D eigenvalue weighted by atomic mass is 16.4. The van der Waals surface area contributed by atoms with Crippen molar-refractivity contribution in [1.82, 2.24) is 4.90 Å². The Kier molecular flexibility index (Phi) is 17.7. The van der Waals surface area contributed by atoms with E-state index in [-0.39, 0.29) is 6.54 Å². The number of hydrogen-bond donors (Lipinski definition) is 5. The highest BCUT2D eigenvalue weighted by Crippen LogP contribution is 2.12.